The first-order valence-corrected chi connectivity index (χ1v) is 13.6. The van der Waals surface area contributed by atoms with E-state index in [4.69, 9.17) is 4.74 Å². The Morgan fingerprint density at radius 3 is 2.71 bits per heavy atom. The molecule has 0 spiro atoms. The van der Waals surface area contributed by atoms with Crippen LogP contribution in [-0.2, 0) is 21.3 Å². The highest BCUT2D eigenvalue weighted by atomic mass is 32.2. The van der Waals surface area contributed by atoms with Gasteiger partial charge in [-0.1, -0.05) is 24.3 Å². The Balaban J connectivity index is 1.63. The predicted molar refractivity (Wildman–Crippen MR) is 130 cm³/mol. The van der Waals surface area contributed by atoms with Gasteiger partial charge >= 0.3 is 0 Å². The van der Waals surface area contributed by atoms with Gasteiger partial charge in [0.25, 0.3) is 5.91 Å². The molecule has 1 aliphatic heterocycles. The number of halogens is 1. The fourth-order valence-electron chi connectivity index (χ4n) is 4.11. The Morgan fingerprint density at radius 1 is 1.24 bits per heavy atom. The number of carbonyl (C=O) groups excluding carboxylic acids is 1. The van der Waals surface area contributed by atoms with Gasteiger partial charge in [0, 0.05) is 31.8 Å². The minimum atomic E-state index is -3.60. The number of carbonyl (C=O) groups is 1. The molecule has 2 heterocycles. The van der Waals surface area contributed by atoms with Crippen molar-refractivity contribution in [1.82, 2.24) is 8.87 Å². The molecular weight excluding hydrogens is 477 g/mol. The molecule has 1 unspecified atom stereocenters. The second kappa shape index (κ2) is 10.5. The van der Waals surface area contributed by atoms with E-state index in [0.29, 0.717) is 53.8 Å². The number of hydrogen-bond donors (Lipinski definition) is 0. The molecule has 7 nitrogen and oxygen atoms in total. The van der Waals surface area contributed by atoms with E-state index in [0.717, 1.165) is 12.8 Å². The van der Waals surface area contributed by atoms with Crippen LogP contribution >= 0.6 is 11.3 Å². The SMILES string of the molecule is CCOCCn1c(=NC(=O)c2ccc(S(=O)(=O)N3CCCC(C)C3)cc2)sc2cccc(F)c21. The molecule has 1 saturated heterocycles. The Labute approximate surface area is 202 Å². The van der Waals surface area contributed by atoms with Crippen molar-refractivity contribution in [2.75, 3.05) is 26.3 Å². The number of para-hydroxylation sites is 1. The summed E-state index contributed by atoms with van der Waals surface area (Å²) in [5.41, 5.74) is 0.649. The Morgan fingerprint density at radius 2 is 2.00 bits per heavy atom. The number of benzene rings is 2. The highest BCUT2D eigenvalue weighted by molar-refractivity contribution is 7.89. The number of ether oxygens (including phenoxy) is 1. The summed E-state index contributed by atoms with van der Waals surface area (Å²) >= 11 is 1.22. The third-order valence-electron chi connectivity index (χ3n) is 5.87. The maximum Gasteiger partial charge on any atom is 0.279 e. The molecule has 1 aliphatic rings. The van der Waals surface area contributed by atoms with E-state index in [1.807, 2.05) is 13.8 Å². The van der Waals surface area contributed by atoms with E-state index >= 15 is 0 Å². The normalized spacial score (nSPS) is 18.0. The van der Waals surface area contributed by atoms with Crippen molar-refractivity contribution in [3.63, 3.8) is 0 Å². The summed E-state index contributed by atoms with van der Waals surface area (Å²) in [6, 6.07) is 10.6. The number of amides is 1. The summed E-state index contributed by atoms with van der Waals surface area (Å²) < 4.78 is 49.7. The molecular formula is C24H28FN3O4S2. The van der Waals surface area contributed by atoms with Crippen molar-refractivity contribution in [1.29, 1.82) is 0 Å². The van der Waals surface area contributed by atoms with Gasteiger partial charge in [-0.05, 0) is 62.1 Å². The average molecular weight is 506 g/mol. The molecule has 0 radical (unpaired) electrons. The van der Waals surface area contributed by atoms with Crippen LogP contribution in [0.5, 0.6) is 0 Å². The number of rotatable bonds is 7. The van der Waals surface area contributed by atoms with Gasteiger partial charge in [-0.2, -0.15) is 9.30 Å². The minimum Gasteiger partial charge on any atom is -0.380 e. The Hall–Kier alpha value is -2.40. The molecule has 1 aromatic heterocycles. The Bertz CT molecular complexity index is 1350. The topological polar surface area (TPSA) is 81.0 Å². The van der Waals surface area contributed by atoms with Crippen molar-refractivity contribution in [3.05, 3.63) is 58.6 Å². The molecule has 10 heteroatoms. The highest BCUT2D eigenvalue weighted by Crippen LogP contribution is 2.24. The zero-order valence-corrected chi connectivity index (χ0v) is 20.9. The summed E-state index contributed by atoms with van der Waals surface area (Å²) in [6.45, 7) is 6.18. The summed E-state index contributed by atoms with van der Waals surface area (Å²) in [7, 11) is -3.60. The number of hydrogen-bond acceptors (Lipinski definition) is 5. The van der Waals surface area contributed by atoms with Gasteiger partial charge in [-0.25, -0.2) is 12.8 Å². The van der Waals surface area contributed by atoms with Crippen molar-refractivity contribution in [2.24, 2.45) is 10.9 Å². The molecule has 0 N–H and O–H groups in total. The number of thiazole rings is 1. The molecule has 4 rings (SSSR count). The van der Waals surface area contributed by atoms with Gasteiger partial charge in [0.15, 0.2) is 4.80 Å². The monoisotopic (exact) mass is 505 g/mol. The molecule has 2 aromatic carbocycles. The Kier molecular flexibility index (Phi) is 7.61. The molecule has 1 atom stereocenters. The fourth-order valence-corrected chi connectivity index (χ4v) is 6.78. The largest absolute Gasteiger partial charge is 0.380 e. The van der Waals surface area contributed by atoms with E-state index in [9.17, 15) is 17.6 Å². The molecule has 1 fully saturated rings. The fraction of sp³-hybridized carbons (Fsp3) is 0.417. The lowest BCUT2D eigenvalue weighted by Gasteiger charge is -2.30. The minimum absolute atomic E-state index is 0.161. The first kappa shape index (κ1) is 24.7. The summed E-state index contributed by atoms with van der Waals surface area (Å²) in [5, 5.41) is 0. The molecule has 3 aromatic rings. The van der Waals surface area contributed by atoms with Crippen LogP contribution in [0.4, 0.5) is 4.39 Å². The quantitative estimate of drug-likeness (QED) is 0.454. The van der Waals surface area contributed by atoms with Gasteiger partial charge in [0.1, 0.15) is 5.82 Å². The lowest BCUT2D eigenvalue weighted by atomic mass is 10.0. The molecule has 0 bridgehead atoms. The van der Waals surface area contributed by atoms with E-state index in [1.165, 1.54) is 46.0 Å². The molecule has 0 saturated carbocycles. The summed E-state index contributed by atoms with van der Waals surface area (Å²) in [5.74, 6) is -0.586. The summed E-state index contributed by atoms with van der Waals surface area (Å²) in [4.78, 5) is 17.7. The van der Waals surface area contributed by atoms with Crippen molar-refractivity contribution in [2.45, 2.75) is 38.1 Å². The summed E-state index contributed by atoms with van der Waals surface area (Å²) in [6.07, 6.45) is 1.86. The van der Waals surface area contributed by atoms with Gasteiger partial charge in [-0.15, -0.1) is 0 Å². The highest BCUT2D eigenvalue weighted by Gasteiger charge is 2.28. The number of piperidine rings is 1. The lowest BCUT2D eigenvalue weighted by molar-refractivity contribution is 0.0996. The molecule has 182 valence electrons. The first-order valence-electron chi connectivity index (χ1n) is 11.4. The van der Waals surface area contributed by atoms with E-state index in [2.05, 4.69) is 4.99 Å². The number of sulfonamides is 1. The van der Waals surface area contributed by atoms with Gasteiger partial charge < -0.3 is 9.30 Å². The van der Waals surface area contributed by atoms with Gasteiger partial charge in [0.05, 0.1) is 21.7 Å². The third kappa shape index (κ3) is 5.14. The molecule has 34 heavy (non-hydrogen) atoms. The van der Waals surface area contributed by atoms with E-state index in [1.54, 1.807) is 16.7 Å². The van der Waals surface area contributed by atoms with Crippen LogP contribution in [0, 0.1) is 11.7 Å². The van der Waals surface area contributed by atoms with Crippen LogP contribution < -0.4 is 4.80 Å². The van der Waals surface area contributed by atoms with Crippen LogP contribution in [0.15, 0.2) is 52.4 Å². The number of aromatic nitrogens is 1. The second-order valence-corrected chi connectivity index (χ2v) is 11.3. The van der Waals surface area contributed by atoms with Gasteiger partial charge in [0.2, 0.25) is 10.0 Å². The van der Waals surface area contributed by atoms with Crippen LogP contribution in [0.25, 0.3) is 10.2 Å². The van der Waals surface area contributed by atoms with Crippen LogP contribution in [0.2, 0.25) is 0 Å². The third-order valence-corrected chi connectivity index (χ3v) is 8.79. The smallest absolute Gasteiger partial charge is 0.279 e. The maximum atomic E-state index is 14.5. The lowest BCUT2D eigenvalue weighted by Crippen LogP contribution is -2.39. The van der Waals surface area contributed by atoms with Crippen molar-refractivity contribution < 1.29 is 22.3 Å². The first-order chi connectivity index (χ1) is 16.3. The average Bonchev–Trinajstić information content (AvgIpc) is 3.17. The van der Waals surface area contributed by atoms with Crippen molar-refractivity contribution >= 4 is 37.5 Å². The number of nitrogens with zero attached hydrogens (tertiary/aromatic N) is 3. The molecule has 0 aliphatic carbocycles. The van der Waals surface area contributed by atoms with Crippen LogP contribution in [-0.4, -0.2) is 49.5 Å². The molecule has 1 amide bonds. The zero-order valence-electron chi connectivity index (χ0n) is 19.2. The maximum absolute atomic E-state index is 14.5. The van der Waals surface area contributed by atoms with E-state index < -0.39 is 15.9 Å². The van der Waals surface area contributed by atoms with Crippen molar-refractivity contribution in [3.8, 4) is 0 Å². The second-order valence-electron chi connectivity index (χ2n) is 8.37. The van der Waals surface area contributed by atoms with Crippen LogP contribution in [0.3, 0.4) is 0 Å². The predicted octanol–water partition coefficient (Wildman–Crippen LogP) is 4.04. The zero-order chi connectivity index (χ0) is 24.3. The van der Waals surface area contributed by atoms with Gasteiger partial charge in [-0.3, -0.25) is 4.79 Å². The standard InChI is InChI=1S/C24H28FN3O4S2/c1-3-32-15-14-28-22-20(25)7-4-8-21(22)33-24(28)26-23(29)18-9-11-19(12-10-18)34(30,31)27-13-5-6-17(2)16-27/h4,7-12,17H,3,5-6,13-16H2,1-2H3. The van der Waals surface area contributed by atoms with Crippen LogP contribution in [0.1, 0.15) is 37.0 Å². The number of fused-ring (bicyclic) bond motifs is 1. The van der Waals surface area contributed by atoms with E-state index in [-0.39, 0.29) is 16.3 Å².